The van der Waals surface area contributed by atoms with Crippen LogP contribution in [0.5, 0.6) is 0 Å². The van der Waals surface area contributed by atoms with Crippen LogP contribution in [0.2, 0.25) is 0 Å². The Bertz CT molecular complexity index is 173. The van der Waals surface area contributed by atoms with Gasteiger partial charge in [-0.3, -0.25) is 0 Å². The molecule has 0 aromatic heterocycles. The molecule has 0 rings (SSSR count). The highest BCUT2D eigenvalue weighted by molar-refractivity contribution is 7.56. The van der Waals surface area contributed by atoms with E-state index >= 15 is 0 Å². The van der Waals surface area contributed by atoms with E-state index in [0.717, 1.165) is 0 Å². The minimum atomic E-state index is -0.0646. The zero-order valence-corrected chi connectivity index (χ0v) is 9.62. The molecule has 0 bridgehead atoms. The van der Waals surface area contributed by atoms with E-state index in [0.29, 0.717) is 5.92 Å². The van der Waals surface area contributed by atoms with Crippen LogP contribution in [0.4, 0.5) is 0 Å². The van der Waals surface area contributed by atoms with Crippen molar-refractivity contribution in [3.8, 4) is 0 Å². The van der Waals surface area contributed by atoms with Crippen molar-refractivity contribution in [2.45, 2.75) is 26.7 Å². The van der Waals surface area contributed by atoms with E-state index in [1.54, 1.807) is 5.29 Å². The van der Waals surface area contributed by atoms with E-state index in [-0.39, 0.29) is 7.70 Å². The van der Waals surface area contributed by atoms with Crippen LogP contribution in [0.3, 0.4) is 0 Å². The average molecular weight is 186 g/mol. The molecule has 0 aliphatic heterocycles. The number of allylic oxidation sites excluding steroid dienone is 1. The molecule has 2 atom stereocenters. The number of hydrogen-bond acceptors (Lipinski definition) is 1. The fraction of sp³-hybridized carbons (Fsp3) is 0.700. The maximum absolute atomic E-state index is 3.84. The third kappa shape index (κ3) is 4.04. The zero-order valence-electron chi connectivity index (χ0n) is 8.72. The highest BCUT2D eigenvalue weighted by Gasteiger charge is 2.10. The van der Waals surface area contributed by atoms with Crippen molar-refractivity contribution in [2.24, 2.45) is 5.92 Å². The molecule has 0 saturated heterocycles. The molecule has 0 saturated carbocycles. The van der Waals surface area contributed by atoms with E-state index in [1.165, 1.54) is 12.8 Å². The van der Waals surface area contributed by atoms with E-state index in [1.807, 2.05) is 7.05 Å². The largest absolute Gasteiger partial charge is 0.177 e. The van der Waals surface area contributed by atoms with Gasteiger partial charge in [-0.15, -0.1) is 11.7 Å². The minimum Gasteiger partial charge on any atom is -0.148 e. The van der Waals surface area contributed by atoms with E-state index in [9.17, 15) is 0 Å². The number of nitrogens with one attached hydrogen (secondary N) is 1. The first-order chi connectivity index (χ1) is 5.65. The van der Waals surface area contributed by atoms with Gasteiger partial charge in [0.25, 0.3) is 0 Å². The highest BCUT2D eigenvalue weighted by atomic mass is 31.1. The lowest BCUT2D eigenvalue weighted by Gasteiger charge is -2.06. The molecule has 0 radical (unpaired) electrons. The summed E-state index contributed by atoms with van der Waals surface area (Å²) in [5.74, 6) is 0.670. The van der Waals surface area contributed by atoms with Crippen LogP contribution < -0.4 is 5.09 Å². The predicted molar refractivity (Wildman–Crippen MR) is 61.2 cm³/mol. The second kappa shape index (κ2) is 6.39. The predicted octanol–water partition coefficient (Wildman–Crippen LogP) is 3.03. The second-order valence-corrected chi connectivity index (χ2v) is 5.45. The molecule has 2 unspecified atom stereocenters. The Balaban J connectivity index is 4.14. The topological polar surface area (TPSA) is 12.0 Å². The summed E-state index contributed by atoms with van der Waals surface area (Å²) >= 11 is 0. The third-order valence-electron chi connectivity index (χ3n) is 2.32. The molecule has 70 valence electrons. The fourth-order valence-electron chi connectivity index (χ4n) is 1.10. The van der Waals surface area contributed by atoms with Crippen molar-refractivity contribution >= 4 is 13.0 Å². The monoisotopic (exact) mass is 186 g/mol. The first-order valence-electron chi connectivity index (χ1n) is 4.51. The van der Waals surface area contributed by atoms with E-state index in [2.05, 4.69) is 38.3 Å². The van der Waals surface area contributed by atoms with Gasteiger partial charge in [-0.1, -0.05) is 13.0 Å². The van der Waals surface area contributed by atoms with Crippen molar-refractivity contribution in [1.82, 2.24) is 5.09 Å². The third-order valence-corrected chi connectivity index (χ3v) is 4.32. The molecule has 0 amide bonds. The summed E-state index contributed by atoms with van der Waals surface area (Å²) in [5.41, 5.74) is 0. The molecular weight excluding hydrogens is 165 g/mol. The molecule has 0 aromatic carbocycles. The lowest BCUT2D eigenvalue weighted by atomic mass is 10.0. The SMILES string of the molecule is C=CC(CC)CC(C)=[P+](C)NC. The van der Waals surface area contributed by atoms with Gasteiger partial charge < -0.3 is 0 Å². The van der Waals surface area contributed by atoms with Crippen molar-refractivity contribution in [2.75, 3.05) is 13.7 Å². The van der Waals surface area contributed by atoms with Crippen LogP contribution >= 0.6 is 7.70 Å². The average Bonchev–Trinajstić information content (AvgIpc) is 2.12. The Morgan fingerprint density at radius 3 is 2.58 bits per heavy atom. The van der Waals surface area contributed by atoms with Crippen molar-refractivity contribution < 1.29 is 0 Å². The summed E-state index contributed by atoms with van der Waals surface area (Å²) < 4.78 is 0. The number of rotatable bonds is 5. The van der Waals surface area contributed by atoms with Gasteiger partial charge in [0.2, 0.25) is 0 Å². The quantitative estimate of drug-likeness (QED) is 0.514. The van der Waals surface area contributed by atoms with Gasteiger partial charge in [0, 0.05) is 13.5 Å². The molecule has 0 aromatic rings. The number of hydrogen-bond donors (Lipinski definition) is 1. The van der Waals surface area contributed by atoms with Gasteiger partial charge in [0.05, 0.1) is 0 Å². The van der Waals surface area contributed by atoms with Crippen molar-refractivity contribution in [3.63, 3.8) is 0 Å². The Kier molecular flexibility index (Phi) is 6.32. The molecule has 1 nitrogen and oxygen atoms in total. The Labute approximate surface area is 77.7 Å². The molecule has 1 N–H and O–H groups in total. The van der Waals surface area contributed by atoms with Crippen LogP contribution in [0.1, 0.15) is 26.7 Å². The normalized spacial score (nSPS) is 15.3. The maximum Gasteiger partial charge on any atom is 0.177 e. The summed E-state index contributed by atoms with van der Waals surface area (Å²) in [7, 11) is 1.97. The molecule has 0 aliphatic rings. The van der Waals surface area contributed by atoms with Gasteiger partial charge >= 0.3 is 0 Å². The Morgan fingerprint density at radius 1 is 1.67 bits per heavy atom. The maximum atomic E-state index is 3.84. The van der Waals surface area contributed by atoms with Crippen molar-refractivity contribution in [1.29, 1.82) is 0 Å². The molecule has 0 heterocycles. The highest BCUT2D eigenvalue weighted by Crippen LogP contribution is 2.19. The summed E-state index contributed by atoms with van der Waals surface area (Å²) in [4.78, 5) is 0. The van der Waals surface area contributed by atoms with Gasteiger partial charge in [-0.2, -0.15) is 0 Å². The van der Waals surface area contributed by atoms with Crippen LogP contribution in [-0.4, -0.2) is 19.0 Å². The molecule has 12 heavy (non-hydrogen) atoms. The first kappa shape index (κ1) is 11.9. The summed E-state index contributed by atoms with van der Waals surface area (Å²) in [5, 5.41) is 4.89. The summed E-state index contributed by atoms with van der Waals surface area (Å²) in [6.45, 7) is 10.6. The van der Waals surface area contributed by atoms with Crippen LogP contribution in [0.25, 0.3) is 0 Å². The zero-order chi connectivity index (χ0) is 9.56. The first-order valence-corrected chi connectivity index (χ1v) is 6.30. The molecule has 0 fully saturated rings. The lowest BCUT2D eigenvalue weighted by molar-refractivity contribution is 0.659. The van der Waals surface area contributed by atoms with Crippen LogP contribution in [0.15, 0.2) is 12.7 Å². The minimum absolute atomic E-state index is 0.0646. The molecule has 0 spiro atoms. The van der Waals surface area contributed by atoms with Crippen LogP contribution in [-0.2, 0) is 0 Å². The standard InChI is InChI=1S/C10H21NP/c1-6-10(7-2)8-9(3)12(5)11-4/h6,10-11H,1,7-8H2,2-5H3/q+1. The molecular formula is C10H21NP+. The fourth-order valence-corrected chi connectivity index (χ4v) is 1.99. The van der Waals surface area contributed by atoms with Crippen molar-refractivity contribution in [3.05, 3.63) is 12.7 Å². The van der Waals surface area contributed by atoms with Gasteiger partial charge in [0.15, 0.2) is 7.70 Å². The van der Waals surface area contributed by atoms with Gasteiger partial charge in [0.1, 0.15) is 12.0 Å². The van der Waals surface area contributed by atoms with Gasteiger partial charge in [-0.25, -0.2) is 0 Å². The summed E-state index contributed by atoms with van der Waals surface area (Å²) in [6, 6.07) is 0. The molecule has 0 aliphatic carbocycles. The lowest BCUT2D eigenvalue weighted by Crippen LogP contribution is -2.05. The Hall–Kier alpha value is -0.130. The van der Waals surface area contributed by atoms with Gasteiger partial charge in [-0.05, 0) is 19.3 Å². The van der Waals surface area contributed by atoms with Crippen LogP contribution in [0, 0.1) is 5.92 Å². The summed E-state index contributed by atoms with van der Waals surface area (Å²) in [6.07, 6.45) is 4.47. The smallest absolute Gasteiger partial charge is 0.148 e. The van der Waals surface area contributed by atoms with E-state index < -0.39 is 0 Å². The Morgan fingerprint density at radius 2 is 2.25 bits per heavy atom. The van der Waals surface area contributed by atoms with E-state index in [4.69, 9.17) is 0 Å². The molecule has 2 heteroatoms. The second-order valence-electron chi connectivity index (χ2n) is 3.13.